The summed E-state index contributed by atoms with van der Waals surface area (Å²) >= 11 is 0. The Morgan fingerprint density at radius 1 is 1.43 bits per heavy atom. The van der Waals surface area contributed by atoms with Crippen molar-refractivity contribution in [3.8, 4) is 0 Å². The molecule has 1 aliphatic rings. The van der Waals surface area contributed by atoms with Crippen LogP contribution in [0.25, 0.3) is 0 Å². The van der Waals surface area contributed by atoms with Crippen LogP contribution < -0.4 is 5.32 Å². The van der Waals surface area contributed by atoms with Crippen LogP contribution in [0.2, 0.25) is 0 Å². The highest BCUT2D eigenvalue weighted by atomic mass is 32.2. The first-order valence-electron chi connectivity index (χ1n) is 4.84. The monoisotopic (exact) mass is 222 g/mol. The van der Waals surface area contributed by atoms with Gasteiger partial charge in [0, 0.05) is 26.2 Å². The zero-order valence-corrected chi connectivity index (χ0v) is 9.47. The van der Waals surface area contributed by atoms with E-state index in [-0.39, 0.29) is 0 Å². The minimum Gasteiger partial charge on any atom is -0.314 e. The van der Waals surface area contributed by atoms with E-state index in [9.17, 15) is 13.0 Å². The van der Waals surface area contributed by atoms with Crippen molar-refractivity contribution in [2.24, 2.45) is 0 Å². The SMILES string of the molecule is CCC(C)(N1CCNCC1)S(=O)(=O)O. The highest BCUT2D eigenvalue weighted by Gasteiger charge is 2.42. The fourth-order valence-corrected chi connectivity index (χ4v) is 2.58. The molecular formula is C8H18N2O3S. The van der Waals surface area contributed by atoms with Crippen LogP contribution in [0.5, 0.6) is 0 Å². The summed E-state index contributed by atoms with van der Waals surface area (Å²) in [6.45, 7) is 6.20. The smallest absolute Gasteiger partial charge is 0.283 e. The zero-order chi connectivity index (χ0) is 10.8. The summed E-state index contributed by atoms with van der Waals surface area (Å²) in [4.78, 5) is 0.688. The molecule has 6 heteroatoms. The lowest BCUT2D eigenvalue weighted by Gasteiger charge is -2.40. The van der Waals surface area contributed by atoms with E-state index in [2.05, 4.69) is 5.32 Å². The second kappa shape index (κ2) is 4.14. The molecule has 1 heterocycles. The number of nitrogens with zero attached hydrogens (tertiary/aromatic N) is 1. The minimum absolute atomic E-state index is 0.395. The first-order chi connectivity index (χ1) is 6.42. The predicted molar refractivity (Wildman–Crippen MR) is 54.7 cm³/mol. The van der Waals surface area contributed by atoms with E-state index in [4.69, 9.17) is 0 Å². The van der Waals surface area contributed by atoms with Gasteiger partial charge in [0.1, 0.15) is 4.87 Å². The topological polar surface area (TPSA) is 69.6 Å². The molecule has 1 rings (SSSR count). The Labute approximate surface area is 85.2 Å². The van der Waals surface area contributed by atoms with Gasteiger partial charge in [-0.05, 0) is 13.3 Å². The van der Waals surface area contributed by atoms with E-state index in [0.717, 1.165) is 13.1 Å². The predicted octanol–water partition coefficient (Wildman–Crippen LogP) is -0.0944. The third-order valence-electron chi connectivity index (χ3n) is 3.00. The molecule has 1 saturated heterocycles. The van der Waals surface area contributed by atoms with Crippen molar-refractivity contribution in [2.45, 2.75) is 25.1 Å². The number of nitrogens with one attached hydrogen (secondary N) is 1. The molecule has 0 aromatic carbocycles. The summed E-state index contributed by atoms with van der Waals surface area (Å²) in [5.74, 6) is 0. The quantitative estimate of drug-likeness (QED) is 0.653. The summed E-state index contributed by atoms with van der Waals surface area (Å²) < 4.78 is 31.8. The van der Waals surface area contributed by atoms with Crippen LogP contribution in [0.15, 0.2) is 0 Å². The second-order valence-corrected chi connectivity index (χ2v) is 5.57. The summed E-state index contributed by atoms with van der Waals surface area (Å²) in [6.07, 6.45) is 0.395. The number of rotatable bonds is 3. The zero-order valence-electron chi connectivity index (χ0n) is 8.65. The van der Waals surface area contributed by atoms with Crippen molar-refractivity contribution in [2.75, 3.05) is 26.2 Å². The molecule has 2 N–H and O–H groups in total. The molecule has 0 amide bonds. The van der Waals surface area contributed by atoms with Crippen LogP contribution in [0.1, 0.15) is 20.3 Å². The van der Waals surface area contributed by atoms with Crippen molar-refractivity contribution in [1.29, 1.82) is 0 Å². The van der Waals surface area contributed by atoms with Crippen LogP contribution >= 0.6 is 0 Å². The molecule has 5 nitrogen and oxygen atoms in total. The van der Waals surface area contributed by atoms with Crippen molar-refractivity contribution >= 4 is 10.1 Å². The van der Waals surface area contributed by atoms with Gasteiger partial charge in [0.25, 0.3) is 10.1 Å². The third-order valence-corrected chi connectivity index (χ3v) is 4.66. The molecule has 1 unspecified atom stereocenters. The van der Waals surface area contributed by atoms with Gasteiger partial charge in [-0.1, -0.05) is 6.92 Å². The summed E-state index contributed by atoms with van der Waals surface area (Å²) in [6, 6.07) is 0. The normalized spacial score (nSPS) is 24.5. The molecule has 1 aliphatic heterocycles. The third kappa shape index (κ3) is 2.08. The lowest BCUT2D eigenvalue weighted by Crippen LogP contribution is -2.58. The molecule has 1 fully saturated rings. The fourth-order valence-electron chi connectivity index (χ4n) is 1.71. The molecule has 84 valence electrons. The lowest BCUT2D eigenvalue weighted by molar-refractivity contribution is 0.138. The summed E-state index contributed by atoms with van der Waals surface area (Å²) in [5.41, 5.74) is 0. The van der Waals surface area contributed by atoms with Gasteiger partial charge >= 0.3 is 0 Å². The highest BCUT2D eigenvalue weighted by Crippen LogP contribution is 2.25. The van der Waals surface area contributed by atoms with Crippen LogP contribution in [0.4, 0.5) is 0 Å². The van der Waals surface area contributed by atoms with Gasteiger partial charge in [-0.2, -0.15) is 8.42 Å². The van der Waals surface area contributed by atoms with E-state index in [1.54, 1.807) is 13.8 Å². The Bertz CT molecular complexity index is 285. The van der Waals surface area contributed by atoms with Gasteiger partial charge < -0.3 is 5.32 Å². The maximum absolute atomic E-state index is 11.3. The number of piperazine rings is 1. The van der Waals surface area contributed by atoms with Crippen molar-refractivity contribution < 1.29 is 13.0 Å². The Kier molecular flexibility index (Phi) is 3.52. The molecule has 0 saturated carbocycles. The molecule has 0 aromatic heterocycles. The van der Waals surface area contributed by atoms with Crippen LogP contribution in [-0.2, 0) is 10.1 Å². The van der Waals surface area contributed by atoms with Gasteiger partial charge in [0.2, 0.25) is 0 Å². The maximum atomic E-state index is 11.3. The maximum Gasteiger partial charge on any atom is 0.283 e. The molecule has 1 atom stereocenters. The molecule has 0 radical (unpaired) electrons. The van der Waals surface area contributed by atoms with Gasteiger partial charge in [0.15, 0.2) is 0 Å². The highest BCUT2D eigenvalue weighted by molar-refractivity contribution is 7.87. The van der Waals surface area contributed by atoms with Crippen molar-refractivity contribution in [3.63, 3.8) is 0 Å². The molecular weight excluding hydrogens is 204 g/mol. The van der Waals surface area contributed by atoms with Gasteiger partial charge in [-0.15, -0.1) is 0 Å². The average molecular weight is 222 g/mol. The number of hydrogen-bond acceptors (Lipinski definition) is 4. The van der Waals surface area contributed by atoms with E-state index < -0.39 is 15.0 Å². The standard InChI is InChI=1S/C8H18N2O3S/c1-3-8(2,14(11,12)13)10-6-4-9-5-7-10/h9H,3-7H2,1-2H3,(H,11,12,13). The Morgan fingerprint density at radius 2 is 1.93 bits per heavy atom. The molecule has 0 aromatic rings. The van der Waals surface area contributed by atoms with E-state index in [0.29, 0.717) is 19.5 Å². The molecule has 0 bridgehead atoms. The molecule has 0 aliphatic carbocycles. The van der Waals surface area contributed by atoms with Gasteiger partial charge in [-0.3, -0.25) is 9.45 Å². The lowest BCUT2D eigenvalue weighted by atomic mass is 10.2. The van der Waals surface area contributed by atoms with Crippen LogP contribution in [-0.4, -0.2) is 48.9 Å². The van der Waals surface area contributed by atoms with Gasteiger partial charge in [-0.25, -0.2) is 0 Å². The minimum atomic E-state index is -4.02. The van der Waals surface area contributed by atoms with E-state index >= 15 is 0 Å². The first kappa shape index (κ1) is 11.9. The Balaban J connectivity index is 2.88. The summed E-state index contributed by atoms with van der Waals surface area (Å²) in [5, 5.41) is 3.14. The first-order valence-corrected chi connectivity index (χ1v) is 6.28. The summed E-state index contributed by atoms with van der Waals surface area (Å²) in [7, 11) is -4.02. The van der Waals surface area contributed by atoms with Crippen molar-refractivity contribution in [3.05, 3.63) is 0 Å². The Hall–Kier alpha value is -0.170. The van der Waals surface area contributed by atoms with Crippen LogP contribution in [0.3, 0.4) is 0 Å². The largest absolute Gasteiger partial charge is 0.314 e. The Morgan fingerprint density at radius 3 is 2.29 bits per heavy atom. The van der Waals surface area contributed by atoms with E-state index in [1.807, 2.05) is 4.90 Å². The molecule has 14 heavy (non-hydrogen) atoms. The van der Waals surface area contributed by atoms with Gasteiger partial charge in [0.05, 0.1) is 0 Å². The van der Waals surface area contributed by atoms with Crippen LogP contribution in [0, 0.1) is 0 Å². The van der Waals surface area contributed by atoms with E-state index in [1.165, 1.54) is 0 Å². The second-order valence-electron chi connectivity index (χ2n) is 3.74. The van der Waals surface area contributed by atoms with Crippen molar-refractivity contribution in [1.82, 2.24) is 10.2 Å². The average Bonchev–Trinajstić information content (AvgIpc) is 2.16. The number of hydrogen-bond donors (Lipinski definition) is 2. The molecule has 0 spiro atoms. The fraction of sp³-hybridized carbons (Fsp3) is 1.00.